The minimum atomic E-state index is -0.785. The molecule has 0 aromatic heterocycles. The summed E-state index contributed by atoms with van der Waals surface area (Å²) < 4.78 is 0. The molecule has 0 aliphatic rings. The predicted molar refractivity (Wildman–Crippen MR) is 46.7 cm³/mol. The van der Waals surface area contributed by atoms with Crippen LogP contribution in [0.1, 0.15) is 27.7 Å². The molecule has 0 saturated carbocycles. The SMILES string of the molecule is CC.CNC(C(=O)O)C(C)C. The Kier molecular flexibility index (Phi) is 8.94. The van der Waals surface area contributed by atoms with Crippen LogP contribution in [0.25, 0.3) is 0 Å². The van der Waals surface area contributed by atoms with E-state index in [2.05, 4.69) is 5.32 Å². The molecule has 0 aliphatic heterocycles. The van der Waals surface area contributed by atoms with Gasteiger partial charge in [-0.2, -0.15) is 0 Å². The summed E-state index contributed by atoms with van der Waals surface area (Å²) in [5.41, 5.74) is 0. The van der Waals surface area contributed by atoms with E-state index < -0.39 is 12.0 Å². The van der Waals surface area contributed by atoms with Gasteiger partial charge in [-0.3, -0.25) is 4.79 Å². The molecule has 0 aromatic carbocycles. The Labute approximate surface area is 68.8 Å². The highest BCUT2D eigenvalue weighted by molar-refractivity contribution is 5.73. The van der Waals surface area contributed by atoms with Crippen LogP contribution in [0.3, 0.4) is 0 Å². The Morgan fingerprint density at radius 1 is 1.36 bits per heavy atom. The topological polar surface area (TPSA) is 49.3 Å². The zero-order chi connectivity index (χ0) is 9.44. The summed E-state index contributed by atoms with van der Waals surface area (Å²) in [6.45, 7) is 7.74. The Morgan fingerprint density at radius 2 is 1.73 bits per heavy atom. The predicted octanol–water partition coefficient (Wildman–Crippen LogP) is 1.34. The monoisotopic (exact) mass is 161 g/mol. The highest BCUT2D eigenvalue weighted by atomic mass is 16.4. The number of aliphatic carboxylic acids is 1. The standard InChI is InChI=1S/C6H13NO2.C2H6/c1-4(2)5(7-3)6(8)9;1-2/h4-5,7H,1-3H3,(H,8,9);1-2H3. The quantitative estimate of drug-likeness (QED) is 0.656. The lowest BCUT2D eigenvalue weighted by Gasteiger charge is -2.13. The molecule has 0 aromatic rings. The molecule has 0 saturated heterocycles. The van der Waals surface area contributed by atoms with Gasteiger partial charge in [-0.05, 0) is 13.0 Å². The molecule has 0 rings (SSSR count). The van der Waals surface area contributed by atoms with Crippen molar-refractivity contribution in [2.75, 3.05) is 7.05 Å². The molecule has 3 nitrogen and oxygen atoms in total. The number of carbonyl (C=O) groups is 1. The Bertz CT molecular complexity index is 102. The molecule has 0 spiro atoms. The van der Waals surface area contributed by atoms with E-state index in [0.29, 0.717) is 0 Å². The highest BCUT2D eigenvalue weighted by Gasteiger charge is 2.17. The average Bonchev–Trinajstić information content (AvgIpc) is 1.91. The third-order valence-electron chi connectivity index (χ3n) is 1.24. The summed E-state index contributed by atoms with van der Waals surface area (Å²) in [6, 6.07) is -0.412. The minimum Gasteiger partial charge on any atom is -0.480 e. The van der Waals surface area contributed by atoms with Crippen LogP contribution in [0.15, 0.2) is 0 Å². The van der Waals surface area contributed by atoms with Crippen molar-refractivity contribution in [3.05, 3.63) is 0 Å². The van der Waals surface area contributed by atoms with Crippen LogP contribution in [0.4, 0.5) is 0 Å². The van der Waals surface area contributed by atoms with Gasteiger partial charge in [0.05, 0.1) is 0 Å². The summed E-state index contributed by atoms with van der Waals surface area (Å²) in [4.78, 5) is 10.3. The molecular formula is C8H19NO2. The lowest BCUT2D eigenvalue weighted by Crippen LogP contribution is -2.38. The number of carboxylic acids is 1. The van der Waals surface area contributed by atoms with E-state index in [1.807, 2.05) is 27.7 Å². The van der Waals surface area contributed by atoms with E-state index in [1.165, 1.54) is 0 Å². The van der Waals surface area contributed by atoms with E-state index in [4.69, 9.17) is 5.11 Å². The Morgan fingerprint density at radius 3 is 1.73 bits per heavy atom. The first-order valence-electron chi connectivity index (χ1n) is 3.99. The maximum absolute atomic E-state index is 10.3. The van der Waals surface area contributed by atoms with Crippen LogP contribution in [0.2, 0.25) is 0 Å². The highest BCUT2D eigenvalue weighted by Crippen LogP contribution is 1.99. The smallest absolute Gasteiger partial charge is 0.320 e. The first-order valence-corrected chi connectivity index (χ1v) is 3.99. The molecule has 0 radical (unpaired) electrons. The molecule has 0 amide bonds. The normalized spacial score (nSPS) is 11.8. The summed E-state index contributed by atoms with van der Waals surface area (Å²) in [7, 11) is 1.65. The van der Waals surface area contributed by atoms with E-state index in [9.17, 15) is 4.79 Å². The lowest BCUT2D eigenvalue weighted by molar-refractivity contribution is -0.140. The van der Waals surface area contributed by atoms with Crippen molar-refractivity contribution >= 4 is 5.97 Å². The van der Waals surface area contributed by atoms with Gasteiger partial charge < -0.3 is 10.4 Å². The van der Waals surface area contributed by atoms with Crippen molar-refractivity contribution < 1.29 is 9.90 Å². The largest absolute Gasteiger partial charge is 0.480 e. The molecule has 0 fully saturated rings. The number of carboxylic acid groups (broad SMARTS) is 1. The molecule has 11 heavy (non-hydrogen) atoms. The van der Waals surface area contributed by atoms with Crippen molar-refractivity contribution in [3.8, 4) is 0 Å². The van der Waals surface area contributed by atoms with Crippen LogP contribution < -0.4 is 5.32 Å². The fourth-order valence-corrected chi connectivity index (χ4v) is 0.742. The van der Waals surface area contributed by atoms with E-state index >= 15 is 0 Å². The number of hydrogen-bond acceptors (Lipinski definition) is 2. The van der Waals surface area contributed by atoms with Gasteiger partial charge in [-0.25, -0.2) is 0 Å². The van der Waals surface area contributed by atoms with Crippen molar-refractivity contribution in [2.45, 2.75) is 33.7 Å². The Balaban J connectivity index is 0. The molecule has 1 atom stereocenters. The lowest BCUT2D eigenvalue weighted by atomic mass is 10.1. The second-order valence-corrected chi connectivity index (χ2v) is 2.35. The van der Waals surface area contributed by atoms with E-state index in [-0.39, 0.29) is 5.92 Å². The van der Waals surface area contributed by atoms with E-state index in [1.54, 1.807) is 7.05 Å². The van der Waals surface area contributed by atoms with E-state index in [0.717, 1.165) is 0 Å². The molecule has 0 aliphatic carbocycles. The maximum atomic E-state index is 10.3. The molecule has 68 valence electrons. The molecular weight excluding hydrogens is 142 g/mol. The summed E-state index contributed by atoms with van der Waals surface area (Å²) in [6.07, 6.45) is 0. The molecule has 1 unspecified atom stereocenters. The van der Waals surface area contributed by atoms with Crippen molar-refractivity contribution in [3.63, 3.8) is 0 Å². The van der Waals surface area contributed by atoms with Crippen LogP contribution in [-0.2, 0) is 4.79 Å². The van der Waals surface area contributed by atoms with Gasteiger partial charge >= 0.3 is 5.97 Å². The maximum Gasteiger partial charge on any atom is 0.320 e. The summed E-state index contributed by atoms with van der Waals surface area (Å²) >= 11 is 0. The number of likely N-dealkylation sites (N-methyl/N-ethyl adjacent to an activating group) is 1. The first-order chi connectivity index (χ1) is 5.09. The van der Waals surface area contributed by atoms with Gasteiger partial charge in [0.15, 0.2) is 0 Å². The molecule has 0 bridgehead atoms. The van der Waals surface area contributed by atoms with Gasteiger partial charge in [-0.1, -0.05) is 27.7 Å². The summed E-state index contributed by atoms with van der Waals surface area (Å²) in [5, 5.41) is 11.2. The average molecular weight is 161 g/mol. The second-order valence-electron chi connectivity index (χ2n) is 2.35. The summed E-state index contributed by atoms with van der Waals surface area (Å²) in [5.74, 6) is -0.639. The van der Waals surface area contributed by atoms with Gasteiger partial charge in [0, 0.05) is 0 Å². The molecule has 0 heterocycles. The number of rotatable bonds is 3. The van der Waals surface area contributed by atoms with Crippen molar-refractivity contribution in [1.82, 2.24) is 5.32 Å². The fraction of sp³-hybridized carbons (Fsp3) is 0.875. The van der Waals surface area contributed by atoms with Gasteiger partial charge in [0.25, 0.3) is 0 Å². The Hall–Kier alpha value is -0.570. The molecule has 3 heteroatoms. The third-order valence-corrected chi connectivity index (χ3v) is 1.24. The number of nitrogens with one attached hydrogen (secondary N) is 1. The van der Waals surface area contributed by atoms with Gasteiger partial charge in [0.1, 0.15) is 6.04 Å². The zero-order valence-corrected chi connectivity index (χ0v) is 8.01. The third kappa shape index (κ3) is 5.85. The van der Waals surface area contributed by atoms with Gasteiger partial charge in [-0.15, -0.1) is 0 Å². The van der Waals surface area contributed by atoms with Gasteiger partial charge in [0.2, 0.25) is 0 Å². The fourth-order valence-electron chi connectivity index (χ4n) is 0.742. The zero-order valence-electron chi connectivity index (χ0n) is 8.01. The second kappa shape index (κ2) is 7.54. The van der Waals surface area contributed by atoms with Crippen LogP contribution in [-0.4, -0.2) is 24.2 Å². The first kappa shape index (κ1) is 13.1. The minimum absolute atomic E-state index is 0.146. The van der Waals surface area contributed by atoms with Crippen molar-refractivity contribution in [1.29, 1.82) is 0 Å². The van der Waals surface area contributed by atoms with Crippen LogP contribution in [0.5, 0.6) is 0 Å². The van der Waals surface area contributed by atoms with Crippen LogP contribution in [0, 0.1) is 5.92 Å². The number of hydrogen-bond donors (Lipinski definition) is 2. The van der Waals surface area contributed by atoms with Crippen LogP contribution >= 0.6 is 0 Å². The van der Waals surface area contributed by atoms with Crippen molar-refractivity contribution in [2.24, 2.45) is 5.92 Å². The molecule has 2 N–H and O–H groups in total.